The molecule has 2 rings (SSSR count). The van der Waals surface area contributed by atoms with Crippen LogP contribution in [0.15, 0.2) is 0 Å². The minimum atomic E-state index is 0.650. The van der Waals surface area contributed by atoms with Gasteiger partial charge in [-0.15, -0.1) is 0 Å². The number of likely N-dealkylation sites (N-methyl/N-ethyl adjacent to an activating group) is 1. The molecule has 3 nitrogen and oxygen atoms in total. The molecule has 13 heavy (non-hydrogen) atoms. The molecule has 1 aliphatic rings. The quantitative estimate of drug-likeness (QED) is 0.775. The largest absolute Gasteiger partial charge is 0.319 e. The van der Waals surface area contributed by atoms with Gasteiger partial charge >= 0.3 is 0 Å². The molecule has 0 atom stereocenters. The first-order valence-corrected chi connectivity index (χ1v) is 5.08. The molecular formula is C9H14ClN3. The van der Waals surface area contributed by atoms with E-state index in [1.165, 1.54) is 24.1 Å². The second-order valence-corrected chi connectivity index (χ2v) is 3.89. The van der Waals surface area contributed by atoms with Crippen molar-refractivity contribution in [3.63, 3.8) is 0 Å². The lowest BCUT2D eigenvalue weighted by Gasteiger charge is -2.01. The third-order valence-electron chi connectivity index (χ3n) is 2.46. The highest BCUT2D eigenvalue weighted by Crippen LogP contribution is 2.41. The van der Waals surface area contributed by atoms with Gasteiger partial charge in [-0.25, -0.2) is 0 Å². The average molecular weight is 200 g/mol. The minimum Gasteiger partial charge on any atom is -0.319 e. The zero-order valence-corrected chi connectivity index (χ0v) is 8.49. The zero-order valence-electron chi connectivity index (χ0n) is 7.73. The van der Waals surface area contributed by atoms with E-state index in [9.17, 15) is 0 Å². The second kappa shape index (κ2) is 3.68. The van der Waals surface area contributed by atoms with Gasteiger partial charge in [-0.1, -0.05) is 11.6 Å². The topological polar surface area (TPSA) is 40.7 Å². The predicted molar refractivity (Wildman–Crippen MR) is 53.2 cm³/mol. The summed E-state index contributed by atoms with van der Waals surface area (Å²) in [5.74, 6) is 0.701. The van der Waals surface area contributed by atoms with E-state index in [0.717, 1.165) is 13.0 Å². The van der Waals surface area contributed by atoms with Crippen molar-refractivity contribution in [2.45, 2.75) is 25.2 Å². The molecule has 4 heteroatoms. The van der Waals surface area contributed by atoms with Crippen molar-refractivity contribution in [3.8, 4) is 0 Å². The van der Waals surface area contributed by atoms with Crippen LogP contribution < -0.4 is 5.32 Å². The predicted octanol–water partition coefficient (Wildman–Crippen LogP) is 1.70. The Balaban J connectivity index is 2.14. The van der Waals surface area contributed by atoms with Crippen LogP contribution in [0.2, 0.25) is 5.15 Å². The number of nitrogens with zero attached hydrogens (tertiary/aromatic N) is 1. The molecular weight excluding hydrogens is 186 g/mol. The second-order valence-electron chi connectivity index (χ2n) is 3.53. The fraction of sp³-hybridized carbons (Fsp3) is 0.667. The molecule has 1 aliphatic carbocycles. The van der Waals surface area contributed by atoms with Crippen LogP contribution in [-0.4, -0.2) is 23.8 Å². The molecule has 1 fully saturated rings. The Morgan fingerprint density at radius 2 is 2.38 bits per heavy atom. The molecule has 0 aromatic carbocycles. The van der Waals surface area contributed by atoms with Gasteiger partial charge in [0.1, 0.15) is 0 Å². The number of aromatic amines is 1. The Morgan fingerprint density at radius 3 is 3.00 bits per heavy atom. The Morgan fingerprint density at radius 1 is 1.62 bits per heavy atom. The standard InChI is InChI=1S/C9H14ClN3/c1-11-5-4-7-8(6-2-3-6)12-13-9(7)10/h6,11H,2-5H2,1H3,(H,12,13). The van der Waals surface area contributed by atoms with Crippen molar-refractivity contribution >= 4 is 11.6 Å². The monoisotopic (exact) mass is 199 g/mol. The van der Waals surface area contributed by atoms with E-state index in [-0.39, 0.29) is 0 Å². The van der Waals surface area contributed by atoms with Crippen LogP contribution in [0.4, 0.5) is 0 Å². The van der Waals surface area contributed by atoms with Crippen molar-refractivity contribution in [3.05, 3.63) is 16.4 Å². The lowest BCUT2D eigenvalue weighted by molar-refractivity contribution is 0.784. The summed E-state index contributed by atoms with van der Waals surface area (Å²) in [4.78, 5) is 0. The Hall–Kier alpha value is -0.540. The number of hydrogen-bond donors (Lipinski definition) is 2. The first kappa shape index (κ1) is 9.03. The van der Waals surface area contributed by atoms with Gasteiger partial charge in [0.2, 0.25) is 0 Å². The normalized spacial score (nSPS) is 16.5. The number of hydrogen-bond acceptors (Lipinski definition) is 2. The SMILES string of the molecule is CNCCc1c(Cl)n[nH]c1C1CC1. The summed E-state index contributed by atoms with van der Waals surface area (Å²) in [6, 6.07) is 0. The first-order chi connectivity index (χ1) is 6.33. The molecule has 1 aromatic heterocycles. The number of nitrogens with one attached hydrogen (secondary N) is 2. The van der Waals surface area contributed by atoms with Crippen LogP contribution in [-0.2, 0) is 6.42 Å². The fourth-order valence-corrected chi connectivity index (χ4v) is 1.79. The van der Waals surface area contributed by atoms with Crippen molar-refractivity contribution in [1.82, 2.24) is 15.5 Å². The highest BCUT2D eigenvalue weighted by atomic mass is 35.5. The van der Waals surface area contributed by atoms with E-state index in [1.54, 1.807) is 0 Å². The van der Waals surface area contributed by atoms with E-state index in [0.29, 0.717) is 11.1 Å². The van der Waals surface area contributed by atoms with Crippen LogP contribution in [0.25, 0.3) is 0 Å². The molecule has 1 saturated carbocycles. The maximum absolute atomic E-state index is 5.98. The van der Waals surface area contributed by atoms with Crippen LogP contribution in [0, 0.1) is 0 Å². The zero-order chi connectivity index (χ0) is 9.26. The van der Waals surface area contributed by atoms with E-state index >= 15 is 0 Å². The van der Waals surface area contributed by atoms with Gasteiger partial charge < -0.3 is 5.32 Å². The molecule has 0 bridgehead atoms. The molecule has 0 saturated heterocycles. The van der Waals surface area contributed by atoms with Gasteiger partial charge in [0, 0.05) is 17.2 Å². The first-order valence-electron chi connectivity index (χ1n) is 4.70. The smallest absolute Gasteiger partial charge is 0.154 e. The highest BCUT2D eigenvalue weighted by molar-refractivity contribution is 6.30. The molecule has 0 spiro atoms. The summed E-state index contributed by atoms with van der Waals surface area (Å²) in [6.45, 7) is 0.957. The summed E-state index contributed by atoms with van der Waals surface area (Å²) < 4.78 is 0. The number of rotatable bonds is 4. The molecule has 0 unspecified atom stereocenters. The van der Waals surface area contributed by atoms with Gasteiger partial charge in [0.05, 0.1) is 0 Å². The molecule has 0 radical (unpaired) electrons. The molecule has 1 aromatic rings. The van der Waals surface area contributed by atoms with Crippen molar-refractivity contribution < 1.29 is 0 Å². The van der Waals surface area contributed by atoms with Crippen LogP contribution in [0.3, 0.4) is 0 Å². The van der Waals surface area contributed by atoms with E-state index in [4.69, 9.17) is 11.6 Å². The van der Waals surface area contributed by atoms with Crippen molar-refractivity contribution in [2.24, 2.45) is 0 Å². The van der Waals surface area contributed by atoms with Crippen LogP contribution >= 0.6 is 11.6 Å². The van der Waals surface area contributed by atoms with E-state index in [1.807, 2.05) is 7.05 Å². The summed E-state index contributed by atoms with van der Waals surface area (Å²) >= 11 is 5.98. The molecule has 1 heterocycles. The summed E-state index contributed by atoms with van der Waals surface area (Å²) in [5, 5.41) is 10.8. The van der Waals surface area contributed by atoms with Crippen LogP contribution in [0.5, 0.6) is 0 Å². The maximum Gasteiger partial charge on any atom is 0.154 e. The van der Waals surface area contributed by atoms with Gasteiger partial charge in [0.15, 0.2) is 5.15 Å². The Bertz CT molecular complexity index is 291. The number of aromatic nitrogens is 2. The Labute approximate surface area is 82.9 Å². The van der Waals surface area contributed by atoms with E-state index in [2.05, 4.69) is 15.5 Å². The van der Waals surface area contributed by atoms with Crippen molar-refractivity contribution in [1.29, 1.82) is 0 Å². The molecule has 0 amide bonds. The maximum atomic E-state index is 5.98. The summed E-state index contributed by atoms with van der Waals surface area (Å²) in [7, 11) is 1.95. The van der Waals surface area contributed by atoms with Gasteiger partial charge in [0.25, 0.3) is 0 Å². The van der Waals surface area contributed by atoms with Gasteiger partial charge in [-0.2, -0.15) is 5.10 Å². The molecule has 2 N–H and O–H groups in total. The van der Waals surface area contributed by atoms with Gasteiger partial charge in [-0.05, 0) is 32.9 Å². The summed E-state index contributed by atoms with van der Waals surface area (Å²) in [5.41, 5.74) is 2.47. The average Bonchev–Trinajstić information content (AvgIpc) is 2.89. The summed E-state index contributed by atoms with van der Waals surface area (Å²) in [6.07, 6.45) is 3.54. The lowest BCUT2D eigenvalue weighted by Crippen LogP contribution is -2.11. The molecule has 0 aliphatic heterocycles. The third-order valence-corrected chi connectivity index (χ3v) is 2.77. The highest BCUT2D eigenvalue weighted by Gasteiger charge is 2.28. The third kappa shape index (κ3) is 1.86. The number of H-pyrrole nitrogens is 1. The van der Waals surface area contributed by atoms with Crippen molar-refractivity contribution in [2.75, 3.05) is 13.6 Å². The lowest BCUT2D eigenvalue weighted by atomic mass is 10.1. The Kier molecular flexibility index (Phi) is 2.56. The van der Waals surface area contributed by atoms with E-state index < -0.39 is 0 Å². The minimum absolute atomic E-state index is 0.650. The molecule has 72 valence electrons. The van der Waals surface area contributed by atoms with Crippen LogP contribution in [0.1, 0.15) is 30.0 Å². The van der Waals surface area contributed by atoms with Gasteiger partial charge in [-0.3, -0.25) is 5.10 Å². The number of halogens is 1. The fourth-order valence-electron chi connectivity index (χ4n) is 1.55.